The van der Waals surface area contributed by atoms with Crippen LogP contribution in [0.3, 0.4) is 0 Å². The zero-order valence-corrected chi connectivity index (χ0v) is 11.5. The van der Waals surface area contributed by atoms with Gasteiger partial charge in [0.15, 0.2) is 0 Å². The van der Waals surface area contributed by atoms with Crippen molar-refractivity contribution in [3.05, 3.63) is 0 Å². The van der Waals surface area contributed by atoms with Crippen molar-refractivity contribution in [2.45, 2.75) is 71.1 Å². The van der Waals surface area contributed by atoms with Crippen LogP contribution in [-0.2, 0) is 0 Å². The minimum Gasteiger partial charge on any atom is -0.829 e. The Kier molecular flexibility index (Phi) is 12.8. The van der Waals surface area contributed by atoms with Gasteiger partial charge in [-0.05, 0) is 6.16 Å². The standard InChI is InChI=1S/C13H28OP/c1-3-4-5-6-7-8-9-10-11-12-13-15(2)14/h3-13H2,1-2H3/q-1. The molecular formula is C13H28OP-. The van der Waals surface area contributed by atoms with Crippen molar-refractivity contribution in [2.24, 2.45) is 0 Å². The third-order valence-corrected chi connectivity index (χ3v) is 3.77. The van der Waals surface area contributed by atoms with Crippen molar-refractivity contribution >= 4 is 8.15 Å². The van der Waals surface area contributed by atoms with E-state index in [4.69, 9.17) is 0 Å². The summed E-state index contributed by atoms with van der Waals surface area (Å²) in [4.78, 5) is 10.8. The van der Waals surface area contributed by atoms with E-state index in [0.717, 1.165) is 6.16 Å². The van der Waals surface area contributed by atoms with Gasteiger partial charge in [-0.1, -0.05) is 77.8 Å². The molecule has 0 aliphatic rings. The van der Waals surface area contributed by atoms with Gasteiger partial charge >= 0.3 is 0 Å². The molecule has 0 rings (SSSR count). The van der Waals surface area contributed by atoms with E-state index >= 15 is 0 Å². The number of rotatable bonds is 11. The molecule has 1 nitrogen and oxygen atoms in total. The summed E-state index contributed by atoms with van der Waals surface area (Å²) in [5.41, 5.74) is 0. The quantitative estimate of drug-likeness (QED) is 0.384. The smallest absolute Gasteiger partial charge is 0.0473 e. The Morgan fingerprint density at radius 1 is 0.733 bits per heavy atom. The van der Waals surface area contributed by atoms with Crippen molar-refractivity contribution in [3.63, 3.8) is 0 Å². The average molecular weight is 231 g/mol. The Balaban J connectivity index is 2.87. The minimum absolute atomic E-state index is 0.885. The molecule has 0 aliphatic carbocycles. The molecule has 0 aliphatic heterocycles. The van der Waals surface area contributed by atoms with Gasteiger partial charge in [0.25, 0.3) is 0 Å². The molecule has 0 amide bonds. The molecule has 1 atom stereocenters. The fraction of sp³-hybridized carbons (Fsp3) is 1.00. The fourth-order valence-electron chi connectivity index (χ4n) is 1.82. The largest absolute Gasteiger partial charge is 0.829 e. The third-order valence-electron chi connectivity index (χ3n) is 2.83. The van der Waals surface area contributed by atoms with Crippen molar-refractivity contribution in [1.29, 1.82) is 0 Å². The molecule has 15 heavy (non-hydrogen) atoms. The summed E-state index contributed by atoms with van der Waals surface area (Å²) in [5, 5.41) is 0. The zero-order valence-electron chi connectivity index (χ0n) is 10.6. The van der Waals surface area contributed by atoms with Gasteiger partial charge in [-0.25, -0.2) is 8.15 Å². The van der Waals surface area contributed by atoms with Crippen LogP contribution in [0.5, 0.6) is 0 Å². The third kappa shape index (κ3) is 14.4. The summed E-state index contributed by atoms with van der Waals surface area (Å²) < 4.78 is 0. The highest BCUT2D eigenvalue weighted by Gasteiger charge is 1.92. The molecule has 0 aromatic carbocycles. The van der Waals surface area contributed by atoms with E-state index in [1.54, 1.807) is 0 Å². The predicted molar refractivity (Wildman–Crippen MR) is 69.6 cm³/mol. The van der Waals surface area contributed by atoms with Gasteiger partial charge in [0, 0.05) is 0 Å². The maximum absolute atomic E-state index is 10.8. The molecule has 1 unspecified atom stereocenters. The predicted octanol–water partition coefficient (Wildman–Crippen LogP) is 4.29. The van der Waals surface area contributed by atoms with E-state index in [2.05, 4.69) is 6.92 Å². The van der Waals surface area contributed by atoms with E-state index in [-0.39, 0.29) is 0 Å². The maximum atomic E-state index is 10.8. The van der Waals surface area contributed by atoms with Gasteiger partial charge in [0.05, 0.1) is 0 Å². The second kappa shape index (κ2) is 12.5. The molecule has 0 aromatic heterocycles. The molecule has 2 heteroatoms. The van der Waals surface area contributed by atoms with Crippen LogP contribution in [0.2, 0.25) is 0 Å². The molecule has 0 N–H and O–H groups in total. The molecule has 0 spiro atoms. The van der Waals surface area contributed by atoms with E-state index in [0.29, 0.717) is 0 Å². The molecule has 92 valence electrons. The van der Waals surface area contributed by atoms with Crippen LogP contribution in [0.4, 0.5) is 0 Å². The molecule has 0 bridgehead atoms. The monoisotopic (exact) mass is 231 g/mol. The fourth-order valence-corrected chi connectivity index (χ4v) is 2.49. The number of unbranched alkanes of at least 4 members (excludes halogenated alkanes) is 9. The van der Waals surface area contributed by atoms with Crippen molar-refractivity contribution in [3.8, 4) is 0 Å². The molecule has 0 saturated heterocycles. The van der Waals surface area contributed by atoms with Crippen LogP contribution >= 0.6 is 8.15 Å². The Morgan fingerprint density at radius 3 is 1.53 bits per heavy atom. The second-order valence-electron chi connectivity index (χ2n) is 4.53. The average Bonchev–Trinajstić information content (AvgIpc) is 2.20. The normalized spacial score (nSPS) is 13.0. The summed E-state index contributed by atoms with van der Waals surface area (Å²) in [5.74, 6) is 0. The summed E-state index contributed by atoms with van der Waals surface area (Å²) in [6.07, 6.45) is 14.5. The van der Waals surface area contributed by atoms with Crippen LogP contribution in [-0.4, -0.2) is 12.8 Å². The zero-order chi connectivity index (χ0) is 11.4. The SMILES string of the molecule is CCCCCCCCCCCCP(C)[O-]. The Bertz CT molecular complexity index is 115. The van der Waals surface area contributed by atoms with E-state index < -0.39 is 8.15 Å². The lowest BCUT2D eigenvalue weighted by atomic mass is 10.1. The molecular weight excluding hydrogens is 203 g/mol. The van der Waals surface area contributed by atoms with Crippen LogP contribution < -0.4 is 4.89 Å². The van der Waals surface area contributed by atoms with Gasteiger partial charge in [-0.2, -0.15) is 0 Å². The summed E-state index contributed by atoms with van der Waals surface area (Å²) >= 11 is 0. The highest BCUT2D eigenvalue weighted by Crippen LogP contribution is 2.20. The first kappa shape index (κ1) is 15.4. The molecule has 0 heterocycles. The van der Waals surface area contributed by atoms with Gasteiger partial charge in [-0.15, -0.1) is 0 Å². The molecule has 0 radical (unpaired) electrons. The van der Waals surface area contributed by atoms with Gasteiger partial charge in [-0.3, -0.25) is 0 Å². The Morgan fingerprint density at radius 2 is 1.13 bits per heavy atom. The summed E-state index contributed by atoms with van der Waals surface area (Å²) in [6.45, 7) is 4.10. The Hall–Kier alpha value is 0.390. The first-order valence-corrected chi connectivity index (χ1v) is 8.55. The van der Waals surface area contributed by atoms with Crippen molar-refractivity contribution in [1.82, 2.24) is 0 Å². The van der Waals surface area contributed by atoms with E-state index in [1.165, 1.54) is 64.2 Å². The van der Waals surface area contributed by atoms with Crippen molar-refractivity contribution < 1.29 is 4.89 Å². The highest BCUT2D eigenvalue weighted by atomic mass is 31.1. The van der Waals surface area contributed by atoms with E-state index in [1.807, 2.05) is 6.66 Å². The van der Waals surface area contributed by atoms with Crippen LogP contribution in [0.15, 0.2) is 0 Å². The number of hydrogen-bond acceptors (Lipinski definition) is 1. The lowest BCUT2D eigenvalue weighted by Crippen LogP contribution is -1.96. The first-order chi connectivity index (χ1) is 7.27. The van der Waals surface area contributed by atoms with Gasteiger partial charge in [0.1, 0.15) is 0 Å². The van der Waals surface area contributed by atoms with Crippen molar-refractivity contribution in [2.75, 3.05) is 12.8 Å². The molecule has 0 fully saturated rings. The highest BCUT2D eigenvalue weighted by molar-refractivity contribution is 7.49. The second-order valence-corrected chi connectivity index (χ2v) is 6.24. The minimum atomic E-state index is -0.885. The topological polar surface area (TPSA) is 23.1 Å². The van der Waals surface area contributed by atoms with E-state index in [9.17, 15) is 4.89 Å². The lowest BCUT2D eigenvalue weighted by Gasteiger charge is -2.16. The lowest BCUT2D eigenvalue weighted by molar-refractivity contribution is -0.158. The molecule has 0 aromatic rings. The van der Waals surface area contributed by atoms with Gasteiger partial charge in [0.2, 0.25) is 0 Å². The van der Waals surface area contributed by atoms with Gasteiger partial charge < -0.3 is 4.89 Å². The van der Waals surface area contributed by atoms with Crippen LogP contribution in [0.25, 0.3) is 0 Å². The summed E-state index contributed by atoms with van der Waals surface area (Å²) in [6, 6.07) is 0. The van der Waals surface area contributed by atoms with Crippen LogP contribution in [0, 0.1) is 0 Å². The summed E-state index contributed by atoms with van der Waals surface area (Å²) in [7, 11) is -0.885. The van der Waals surface area contributed by atoms with Crippen LogP contribution in [0.1, 0.15) is 71.1 Å². The number of hydrogen-bond donors (Lipinski definition) is 0. The molecule has 0 saturated carbocycles. The Labute approximate surface area is 97.5 Å². The maximum Gasteiger partial charge on any atom is -0.0473 e. The first-order valence-electron chi connectivity index (χ1n) is 6.65.